The molecule has 12 heteroatoms. The van der Waals surface area contributed by atoms with E-state index in [1.54, 1.807) is 97.2 Å². The molecule has 0 radical (unpaired) electrons. The highest BCUT2D eigenvalue weighted by molar-refractivity contribution is 7.80. The normalized spacial score (nSPS) is 20.6. The zero-order valence-corrected chi connectivity index (χ0v) is 25.3. The highest BCUT2D eigenvalue weighted by Crippen LogP contribution is 2.31. The zero-order valence-electron chi connectivity index (χ0n) is 24.5. The quantitative estimate of drug-likeness (QED) is 0.0984. The third kappa shape index (κ3) is 8.10. The standard InChI is InChI=1S/C34H30N2O9S/c1-2-20-40-33-29(44-32(39)25-16-10-5-11-17-25)28(43-31(38)24-14-8-4-9-15-24)27(45-34(46)36-19-18-35-22-36)26(42-33)21-41-30(37)23-12-6-3-7-13-23/h2-19,22,26-29,33H,1,20-21H2/t26-,27+,28+,29-,33+/m1/s1. The molecule has 4 aromatic rings. The van der Waals surface area contributed by atoms with Gasteiger partial charge in [0.15, 0.2) is 24.6 Å². The van der Waals surface area contributed by atoms with Crippen molar-refractivity contribution in [3.8, 4) is 0 Å². The molecule has 0 spiro atoms. The Morgan fingerprint density at radius 3 is 1.85 bits per heavy atom. The van der Waals surface area contributed by atoms with Crippen LogP contribution in [0.1, 0.15) is 31.1 Å². The van der Waals surface area contributed by atoms with Gasteiger partial charge in [0.1, 0.15) is 19.0 Å². The van der Waals surface area contributed by atoms with Crippen LogP contribution in [-0.4, -0.2) is 76.6 Å². The summed E-state index contributed by atoms with van der Waals surface area (Å²) >= 11 is 5.53. The van der Waals surface area contributed by atoms with E-state index in [4.69, 9.17) is 40.6 Å². The molecule has 0 unspecified atom stereocenters. The second-order valence-electron chi connectivity index (χ2n) is 9.92. The Kier molecular flexibility index (Phi) is 11.0. The van der Waals surface area contributed by atoms with Crippen LogP contribution in [0.3, 0.4) is 0 Å². The van der Waals surface area contributed by atoms with Crippen molar-refractivity contribution in [3.05, 3.63) is 139 Å². The Balaban J connectivity index is 1.52. The Bertz CT molecular complexity index is 1620. The second kappa shape index (κ2) is 15.7. The van der Waals surface area contributed by atoms with Crippen LogP contribution >= 0.6 is 12.2 Å². The number of nitrogens with zero attached hydrogens (tertiary/aromatic N) is 2. The van der Waals surface area contributed by atoms with E-state index in [1.165, 1.54) is 23.2 Å². The van der Waals surface area contributed by atoms with Crippen LogP contribution in [0.4, 0.5) is 0 Å². The van der Waals surface area contributed by atoms with E-state index in [-0.39, 0.29) is 29.5 Å². The molecule has 2 heterocycles. The van der Waals surface area contributed by atoms with Gasteiger partial charge in [0.05, 0.1) is 23.3 Å². The molecule has 3 aromatic carbocycles. The number of rotatable bonds is 11. The van der Waals surface area contributed by atoms with Crippen molar-refractivity contribution in [1.82, 2.24) is 9.55 Å². The summed E-state index contributed by atoms with van der Waals surface area (Å²) < 4.78 is 37.3. The number of thiocarbonyl (C=S) groups is 1. The number of hydrogen-bond donors (Lipinski definition) is 0. The van der Waals surface area contributed by atoms with Gasteiger partial charge in [-0.15, -0.1) is 6.58 Å². The van der Waals surface area contributed by atoms with Crippen molar-refractivity contribution in [2.75, 3.05) is 13.2 Å². The van der Waals surface area contributed by atoms with Gasteiger partial charge in [-0.1, -0.05) is 60.7 Å². The molecule has 5 rings (SSSR count). The fraction of sp³-hybridized carbons (Fsp3) is 0.206. The SMILES string of the molecule is C=CCO[C@H]1O[C@H](COC(=O)c2ccccc2)[C@H](OC(=S)n2ccnc2)[C@H](OC(=O)c2ccccc2)[C@H]1OC(=O)c1ccccc1. The Labute approximate surface area is 270 Å². The van der Waals surface area contributed by atoms with Crippen LogP contribution in [0.2, 0.25) is 0 Å². The summed E-state index contributed by atoms with van der Waals surface area (Å²) in [5.41, 5.74) is 0.781. The largest absolute Gasteiger partial charge is 0.460 e. The van der Waals surface area contributed by atoms with Crippen molar-refractivity contribution < 1.29 is 42.8 Å². The van der Waals surface area contributed by atoms with Gasteiger partial charge in [0.25, 0.3) is 5.17 Å². The number of carbonyl (C=O) groups is 3. The average molecular weight is 643 g/mol. The monoisotopic (exact) mass is 642 g/mol. The van der Waals surface area contributed by atoms with Crippen LogP contribution in [0.25, 0.3) is 0 Å². The van der Waals surface area contributed by atoms with E-state index in [1.807, 2.05) is 0 Å². The number of benzene rings is 3. The van der Waals surface area contributed by atoms with Gasteiger partial charge in [0, 0.05) is 12.4 Å². The summed E-state index contributed by atoms with van der Waals surface area (Å²) in [6.07, 6.45) is -0.459. The number of esters is 3. The van der Waals surface area contributed by atoms with Gasteiger partial charge in [-0.25, -0.2) is 19.4 Å². The first kappa shape index (κ1) is 32.2. The number of aromatic nitrogens is 2. The van der Waals surface area contributed by atoms with Crippen molar-refractivity contribution in [3.63, 3.8) is 0 Å². The van der Waals surface area contributed by atoms with E-state index in [0.29, 0.717) is 5.56 Å². The van der Waals surface area contributed by atoms with Gasteiger partial charge in [0.2, 0.25) is 0 Å². The first-order valence-corrected chi connectivity index (χ1v) is 14.7. The lowest BCUT2D eigenvalue weighted by Gasteiger charge is -2.44. The molecule has 0 N–H and O–H groups in total. The molecule has 1 aliphatic heterocycles. The van der Waals surface area contributed by atoms with Crippen LogP contribution in [0, 0.1) is 0 Å². The summed E-state index contributed by atoms with van der Waals surface area (Å²) in [6, 6.07) is 24.9. The third-order valence-electron chi connectivity index (χ3n) is 6.82. The summed E-state index contributed by atoms with van der Waals surface area (Å²) in [5.74, 6) is -2.09. The summed E-state index contributed by atoms with van der Waals surface area (Å²) in [7, 11) is 0. The van der Waals surface area contributed by atoms with E-state index >= 15 is 0 Å². The Morgan fingerprint density at radius 2 is 1.33 bits per heavy atom. The van der Waals surface area contributed by atoms with Crippen LogP contribution in [-0.2, 0) is 28.4 Å². The van der Waals surface area contributed by atoms with Crippen molar-refractivity contribution in [2.24, 2.45) is 0 Å². The molecule has 1 fully saturated rings. The van der Waals surface area contributed by atoms with Crippen LogP contribution in [0.5, 0.6) is 0 Å². The predicted octanol–water partition coefficient (Wildman–Crippen LogP) is 4.64. The highest BCUT2D eigenvalue weighted by Gasteiger charge is 2.53. The molecule has 1 aromatic heterocycles. The molecule has 1 aliphatic rings. The highest BCUT2D eigenvalue weighted by atomic mass is 32.1. The second-order valence-corrected chi connectivity index (χ2v) is 10.3. The van der Waals surface area contributed by atoms with Gasteiger partial charge >= 0.3 is 17.9 Å². The van der Waals surface area contributed by atoms with E-state index < -0.39 is 48.6 Å². The topological polar surface area (TPSA) is 124 Å². The fourth-order valence-electron chi connectivity index (χ4n) is 4.60. The Morgan fingerprint density at radius 1 is 0.783 bits per heavy atom. The number of hydrogen-bond acceptors (Lipinski definition) is 11. The van der Waals surface area contributed by atoms with Crippen molar-refractivity contribution in [2.45, 2.75) is 30.7 Å². The minimum absolute atomic E-state index is 0.0150. The van der Waals surface area contributed by atoms with E-state index in [9.17, 15) is 14.4 Å². The first-order chi connectivity index (χ1) is 22.4. The maximum atomic E-state index is 13.5. The Hall–Kier alpha value is -5.17. The summed E-state index contributed by atoms with van der Waals surface area (Å²) in [4.78, 5) is 43.8. The number of imidazole rings is 1. The molecule has 1 saturated heterocycles. The molecule has 0 saturated carbocycles. The molecule has 11 nitrogen and oxygen atoms in total. The lowest BCUT2D eigenvalue weighted by atomic mass is 9.98. The molecule has 46 heavy (non-hydrogen) atoms. The first-order valence-electron chi connectivity index (χ1n) is 14.3. The van der Waals surface area contributed by atoms with Crippen molar-refractivity contribution in [1.29, 1.82) is 0 Å². The molecule has 0 amide bonds. The summed E-state index contributed by atoms with van der Waals surface area (Å²) in [5, 5.41) is -0.0789. The van der Waals surface area contributed by atoms with Gasteiger partial charge in [-0.3, -0.25) is 4.57 Å². The minimum Gasteiger partial charge on any atom is -0.460 e. The predicted molar refractivity (Wildman–Crippen MR) is 168 cm³/mol. The fourth-order valence-corrected chi connectivity index (χ4v) is 4.82. The zero-order chi connectivity index (χ0) is 32.3. The molecule has 0 aliphatic carbocycles. The van der Waals surface area contributed by atoms with Gasteiger partial charge in [-0.2, -0.15) is 0 Å². The van der Waals surface area contributed by atoms with Gasteiger partial charge < -0.3 is 28.4 Å². The lowest BCUT2D eigenvalue weighted by Crippen LogP contribution is -2.63. The van der Waals surface area contributed by atoms with E-state index in [0.717, 1.165) is 0 Å². The maximum absolute atomic E-state index is 13.5. The van der Waals surface area contributed by atoms with Crippen LogP contribution in [0.15, 0.2) is 122 Å². The molecule has 236 valence electrons. The van der Waals surface area contributed by atoms with Crippen molar-refractivity contribution >= 4 is 35.3 Å². The third-order valence-corrected chi connectivity index (χ3v) is 7.12. The van der Waals surface area contributed by atoms with E-state index in [2.05, 4.69) is 11.6 Å². The average Bonchev–Trinajstić information content (AvgIpc) is 3.65. The summed E-state index contributed by atoms with van der Waals surface area (Å²) in [6.45, 7) is 3.31. The lowest BCUT2D eigenvalue weighted by molar-refractivity contribution is -0.294. The van der Waals surface area contributed by atoms with Crippen LogP contribution < -0.4 is 0 Å². The molecular weight excluding hydrogens is 612 g/mol. The van der Waals surface area contributed by atoms with Gasteiger partial charge in [-0.05, 0) is 48.6 Å². The number of carbonyl (C=O) groups excluding carboxylic acids is 3. The molecular formula is C34H30N2O9S. The smallest absolute Gasteiger partial charge is 0.338 e. The molecule has 0 bridgehead atoms. The minimum atomic E-state index is -1.37. The number of ether oxygens (including phenoxy) is 6. The maximum Gasteiger partial charge on any atom is 0.338 e. The molecule has 5 atom stereocenters.